The Labute approximate surface area is 51.8 Å². The molecule has 0 amide bonds. The zero-order valence-corrected chi connectivity index (χ0v) is 4.85. The van der Waals surface area contributed by atoms with Crippen molar-refractivity contribution in [3.05, 3.63) is 12.4 Å². The molecule has 1 aromatic rings. The smallest absolute Gasteiger partial charge is 0.0708 e. The minimum atomic E-state index is 0. The highest BCUT2D eigenvalue weighted by Gasteiger charge is 1.74. The SMILES string of the molecule is Cl.Cln1nccn1. The maximum atomic E-state index is 5.15. The van der Waals surface area contributed by atoms with Crippen molar-refractivity contribution in [3.63, 3.8) is 0 Å². The lowest BCUT2D eigenvalue weighted by molar-refractivity contribution is 0.848. The number of halogens is 2. The van der Waals surface area contributed by atoms with E-state index in [1.165, 1.54) is 12.4 Å². The summed E-state index contributed by atoms with van der Waals surface area (Å²) >= 11 is 5.15. The Kier molecular flexibility index (Phi) is 2.71. The van der Waals surface area contributed by atoms with Gasteiger partial charge in [0.05, 0.1) is 24.2 Å². The topological polar surface area (TPSA) is 30.7 Å². The van der Waals surface area contributed by atoms with E-state index in [0.717, 1.165) is 4.32 Å². The average Bonchev–Trinajstić information content (AvgIpc) is 1.86. The van der Waals surface area contributed by atoms with Crippen molar-refractivity contribution in [1.29, 1.82) is 0 Å². The molecule has 40 valence electrons. The van der Waals surface area contributed by atoms with Crippen LogP contribution in [0.25, 0.3) is 0 Å². The lowest BCUT2D eigenvalue weighted by atomic mass is 11.0. The fraction of sp³-hybridized carbons (Fsp3) is 0. The minimum Gasteiger partial charge on any atom is -0.147 e. The van der Waals surface area contributed by atoms with Gasteiger partial charge in [-0.1, -0.05) is 4.32 Å². The van der Waals surface area contributed by atoms with Gasteiger partial charge < -0.3 is 0 Å². The fourth-order valence-electron chi connectivity index (χ4n) is 0.199. The molecule has 5 heteroatoms. The zero-order valence-electron chi connectivity index (χ0n) is 3.28. The van der Waals surface area contributed by atoms with Crippen LogP contribution in [0.15, 0.2) is 12.4 Å². The highest BCUT2D eigenvalue weighted by molar-refractivity contribution is 6.13. The maximum Gasteiger partial charge on any atom is 0.0708 e. The van der Waals surface area contributed by atoms with Gasteiger partial charge in [0.1, 0.15) is 0 Å². The van der Waals surface area contributed by atoms with E-state index in [9.17, 15) is 0 Å². The van der Waals surface area contributed by atoms with Crippen LogP contribution in [-0.2, 0) is 0 Å². The third kappa shape index (κ3) is 1.75. The molecule has 1 rings (SSSR count). The van der Waals surface area contributed by atoms with E-state index in [1.807, 2.05) is 0 Å². The van der Waals surface area contributed by atoms with E-state index >= 15 is 0 Å². The molecule has 0 aromatic carbocycles. The van der Waals surface area contributed by atoms with E-state index in [2.05, 4.69) is 10.2 Å². The number of rotatable bonds is 0. The quantitative estimate of drug-likeness (QED) is 0.531. The normalized spacial score (nSPS) is 7.57. The molecule has 0 saturated heterocycles. The number of aromatic nitrogens is 3. The van der Waals surface area contributed by atoms with Crippen LogP contribution in [0.1, 0.15) is 0 Å². The van der Waals surface area contributed by atoms with Crippen molar-refractivity contribution in [3.8, 4) is 0 Å². The molecular formula is C2H3Cl2N3. The number of hydrogen-bond donors (Lipinski definition) is 0. The molecule has 0 unspecified atom stereocenters. The molecule has 0 atom stereocenters. The first kappa shape index (κ1) is 6.72. The van der Waals surface area contributed by atoms with E-state index in [4.69, 9.17) is 11.8 Å². The van der Waals surface area contributed by atoms with Crippen LogP contribution in [0.4, 0.5) is 0 Å². The Hall–Kier alpha value is -0.280. The summed E-state index contributed by atoms with van der Waals surface area (Å²) in [6.45, 7) is 0. The van der Waals surface area contributed by atoms with Crippen molar-refractivity contribution in [2.75, 3.05) is 0 Å². The predicted octanol–water partition coefficient (Wildman–Crippen LogP) is 0.702. The summed E-state index contributed by atoms with van der Waals surface area (Å²) < 4.78 is 0.972. The molecule has 0 saturated carbocycles. The van der Waals surface area contributed by atoms with Gasteiger partial charge in [-0.15, -0.1) is 22.6 Å². The summed E-state index contributed by atoms with van der Waals surface area (Å²) in [5, 5.41) is 6.98. The van der Waals surface area contributed by atoms with Crippen molar-refractivity contribution < 1.29 is 0 Å². The second-order valence-electron chi connectivity index (χ2n) is 0.770. The summed E-state index contributed by atoms with van der Waals surface area (Å²) in [4.78, 5) is 0. The lowest BCUT2D eigenvalue weighted by Gasteiger charge is -1.69. The largest absolute Gasteiger partial charge is 0.147 e. The van der Waals surface area contributed by atoms with Crippen molar-refractivity contribution in [2.24, 2.45) is 0 Å². The van der Waals surface area contributed by atoms with Gasteiger partial charge in [0.2, 0.25) is 0 Å². The average molecular weight is 140 g/mol. The Morgan fingerprint density at radius 2 is 1.71 bits per heavy atom. The molecule has 1 aromatic heterocycles. The molecule has 7 heavy (non-hydrogen) atoms. The first-order valence-electron chi connectivity index (χ1n) is 1.42. The van der Waals surface area contributed by atoms with Crippen molar-refractivity contribution in [2.45, 2.75) is 0 Å². The van der Waals surface area contributed by atoms with E-state index in [1.54, 1.807) is 0 Å². The monoisotopic (exact) mass is 139 g/mol. The van der Waals surface area contributed by atoms with E-state index < -0.39 is 0 Å². The van der Waals surface area contributed by atoms with Gasteiger partial charge in [0, 0.05) is 0 Å². The van der Waals surface area contributed by atoms with Gasteiger partial charge in [0.25, 0.3) is 0 Å². The van der Waals surface area contributed by atoms with Crippen LogP contribution >= 0.6 is 24.2 Å². The first-order valence-corrected chi connectivity index (χ1v) is 1.76. The summed E-state index contributed by atoms with van der Waals surface area (Å²) in [6, 6.07) is 0. The lowest BCUT2D eigenvalue weighted by Crippen LogP contribution is -1.80. The molecule has 0 bridgehead atoms. The maximum absolute atomic E-state index is 5.15. The number of hydrogen-bond acceptors (Lipinski definition) is 2. The van der Waals surface area contributed by atoms with Gasteiger partial charge in [-0.3, -0.25) is 0 Å². The van der Waals surface area contributed by atoms with Crippen LogP contribution < -0.4 is 0 Å². The fourth-order valence-corrected chi connectivity index (χ4v) is 0.300. The second-order valence-corrected chi connectivity index (χ2v) is 1.07. The van der Waals surface area contributed by atoms with Gasteiger partial charge in [-0.25, -0.2) is 0 Å². The molecule has 3 nitrogen and oxygen atoms in total. The first-order chi connectivity index (χ1) is 2.89. The van der Waals surface area contributed by atoms with Gasteiger partial charge in [-0.05, 0) is 0 Å². The van der Waals surface area contributed by atoms with Gasteiger partial charge in [0.15, 0.2) is 0 Å². The van der Waals surface area contributed by atoms with Gasteiger partial charge >= 0.3 is 0 Å². The Bertz CT molecular complexity index is 114. The van der Waals surface area contributed by atoms with E-state index in [-0.39, 0.29) is 12.4 Å². The summed E-state index contributed by atoms with van der Waals surface area (Å²) in [7, 11) is 0. The molecule has 1 heterocycles. The Balaban J connectivity index is 0.000000360. The molecule has 0 fully saturated rings. The van der Waals surface area contributed by atoms with Crippen LogP contribution in [0.3, 0.4) is 0 Å². The van der Waals surface area contributed by atoms with Crippen LogP contribution in [0.5, 0.6) is 0 Å². The van der Waals surface area contributed by atoms with Crippen molar-refractivity contribution in [1.82, 2.24) is 14.5 Å². The Morgan fingerprint density at radius 1 is 1.29 bits per heavy atom. The molecule has 0 aliphatic heterocycles. The molecule has 0 N–H and O–H groups in total. The zero-order chi connectivity index (χ0) is 4.41. The predicted molar refractivity (Wildman–Crippen MR) is 28.5 cm³/mol. The summed E-state index contributed by atoms with van der Waals surface area (Å²) in [6.07, 6.45) is 3.01. The third-order valence-electron chi connectivity index (χ3n) is 0.391. The second kappa shape index (κ2) is 2.82. The summed E-state index contributed by atoms with van der Waals surface area (Å²) in [5.74, 6) is 0. The number of nitrogens with zero attached hydrogens (tertiary/aromatic N) is 3. The van der Waals surface area contributed by atoms with E-state index in [0.29, 0.717) is 0 Å². The third-order valence-corrected chi connectivity index (χ3v) is 0.565. The molecule has 0 aliphatic rings. The molecule has 0 aliphatic carbocycles. The standard InChI is InChI=1S/C2H2ClN3.ClH/c3-6-4-1-2-5-6;/h1-2H;1H. The minimum absolute atomic E-state index is 0. The summed E-state index contributed by atoms with van der Waals surface area (Å²) in [5.41, 5.74) is 0. The Morgan fingerprint density at radius 3 is 1.86 bits per heavy atom. The highest BCUT2D eigenvalue weighted by Crippen LogP contribution is 1.74. The van der Waals surface area contributed by atoms with Crippen LogP contribution in [0, 0.1) is 0 Å². The highest BCUT2D eigenvalue weighted by atomic mass is 35.5. The van der Waals surface area contributed by atoms with Crippen molar-refractivity contribution >= 4 is 24.2 Å². The van der Waals surface area contributed by atoms with Crippen LogP contribution in [0.2, 0.25) is 0 Å². The molecule has 0 spiro atoms. The molecule has 0 radical (unpaired) electrons. The van der Waals surface area contributed by atoms with Gasteiger partial charge in [-0.2, -0.15) is 0 Å². The van der Waals surface area contributed by atoms with Crippen LogP contribution in [-0.4, -0.2) is 14.5 Å². The molecular weight excluding hydrogens is 137 g/mol.